The summed E-state index contributed by atoms with van der Waals surface area (Å²) in [6.07, 6.45) is 0.569. The van der Waals surface area contributed by atoms with Crippen molar-refractivity contribution in [3.05, 3.63) is 11.9 Å². The zero-order valence-corrected chi connectivity index (χ0v) is 9.81. The van der Waals surface area contributed by atoms with Crippen molar-refractivity contribution in [3.63, 3.8) is 0 Å². The molecule has 104 valence electrons. The normalized spacial score (nSPS) is 11.8. The van der Waals surface area contributed by atoms with Crippen molar-refractivity contribution < 1.29 is 24.6 Å². The van der Waals surface area contributed by atoms with Gasteiger partial charge in [0.1, 0.15) is 6.04 Å². The highest BCUT2D eigenvalue weighted by Gasteiger charge is 2.24. The Balaban J connectivity index is 2.70. The number of aliphatic carboxylic acids is 2. The van der Waals surface area contributed by atoms with E-state index in [2.05, 4.69) is 15.6 Å². The van der Waals surface area contributed by atoms with Crippen LogP contribution in [0.1, 0.15) is 16.9 Å². The summed E-state index contributed by atoms with van der Waals surface area (Å²) in [5.74, 6) is -3.58. The van der Waals surface area contributed by atoms with E-state index in [1.807, 2.05) is 0 Å². The third kappa shape index (κ3) is 4.35. The first-order chi connectivity index (χ1) is 8.93. The molecule has 1 unspecified atom stereocenters. The largest absolute Gasteiger partial charge is 0.481 e. The molecule has 1 aromatic heterocycles. The van der Waals surface area contributed by atoms with Gasteiger partial charge in [0, 0.05) is 6.54 Å². The fraction of sp³-hybridized carbons (Fsp3) is 0.444. The Kier molecular flexibility index (Phi) is 4.94. The summed E-state index contributed by atoms with van der Waals surface area (Å²) in [6, 6.07) is -1.52. The van der Waals surface area contributed by atoms with Crippen LogP contribution in [0.5, 0.6) is 0 Å². The van der Waals surface area contributed by atoms with Crippen molar-refractivity contribution in [1.29, 1.82) is 0 Å². The molecule has 19 heavy (non-hydrogen) atoms. The van der Waals surface area contributed by atoms with Gasteiger partial charge >= 0.3 is 11.9 Å². The standard InChI is InChI=1S/C9H13N5O5/c10-1-2-14-4-6(12-13-14)8(17)11-5(9(18)19)3-7(15)16/h4-5H,1-3,10H2,(H,11,17)(H,15,16)(H,18,19). The molecule has 1 atom stereocenters. The second-order valence-corrected chi connectivity index (χ2v) is 3.62. The monoisotopic (exact) mass is 271 g/mol. The summed E-state index contributed by atoms with van der Waals surface area (Å²) in [5.41, 5.74) is 5.18. The lowest BCUT2D eigenvalue weighted by Crippen LogP contribution is -2.42. The molecule has 10 nitrogen and oxygen atoms in total. The number of carbonyl (C=O) groups excluding carboxylic acids is 1. The van der Waals surface area contributed by atoms with E-state index in [0.717, 1.165) is 0 Å². The van der Waals surface area contributed by atoms with Crippen LogP contribution in [-0.2, 0) is 16.1 Å². The highest BCUT2D eigenvalue weighted by Crippen LogP contribution is 1.98. The van der Waals surface area contributed by atoms with Gasteiger partial charge in [-0.3, -0.25) is 14.3 Å². The molecule has 1 aromatic rings. The van der Waals surface area contributed by atoms with E-state index in [4.69, 9.17) is 15.9 Å². The second-order valence-electron chi connectivity index (χ2n) is 3.62. The number of nitrogens with one attached hydrogen (secondary N) is 1. The molecule has 0 saturated heterocycles. The Labute approximate surface area is 107 Å². The number of hydrogen-bond acceptors (Lipinski definition) is 6. The summed E-state index contributed by atoms with van der Waals surface area (Å²) >= 11 is 0. The summed E-state index contributed by atoms with van der Waals surface area (Å²) in [4.78, 5) is 32.9. The molecule has 0 spiro atoms. The van der Waals surface area contributed by atoms with Crippen LogP contribution >= 0.6 is 0 Å². The topological polar surface area (TPSA) is 160 Å². The zero-order chi connectivity index (χ0) is 14.4. The van der Waals surface area contributed by atoms with Crippen molar-refractivity contribution in [3.8, 4) is 0 Å². The van der Waals surface area contributed by atoms with Crippen molar-refractivity contribution in [2.45, 2.75) is 19.0 Å². The fourth-order valence-corrected chi connectivity index (χ4v) is 1.25. The maximum absolute atomic E-state index is 11.6. The van der Waals surface area contributed by atoms with Crippen LogP contribution in [0.3, 0.4) is 0 Å². The number of carboxylic acids is 2. The number of nitrogens with two attached hydrogens (primary N) is 1. The van der Waals surface area contributed by atoms with E-state index >= 15 is 0 Å². The van der Waals surface area contributed by atoms with E-state index in [0.29, 0.717) is 13.1 Å². The van der Waals surface area contributed by atoms with Crippen LogP contribution in [0.2, 0.25) is 0 Å². The molecule has 0 aliphatic carbocycles. The van der Waals surface area contributed by atoms with Crippen LogP contribution in [-0.4, -0.2) is 55.6 Å². The minimum absolute atomic E-state index is 0.106. The summed E-state index contributed by atoms with van der Waals surface area (Å²) < 4.78 is 1.32. The number of aromatic nitrogens is 3. The van der Waals surface area contributed by atoms with Crippen LogP contribution in [0, 0.1) is 0 Å². The molecule has 1 amide bonds. The minimum Gasteiger partial charge on any atom is -0.481 e. The Bertz CT molecular complexity index is 485. The van der Waals surface area contributed by atoms with Gasteiger partial charge in [-0.25, -0.2) is 4.79 Å². The quantitative estimate of drug-likeness (QED) is 0.438. The van der Waals surface area contributed by atoms with E-state index in [9.17, 15) is 14.4 Å². The Morgan fingerprint density at radius 2 is 2.11 bits per heavy atom. The Hall–Kier alpha value is -2.49. The van der Waals surface area contributed by atoms with Gasteiger partial charge in [0.15, 0.2) is 5.69 Å². The van der Waals surface area contributed by atoms with Gasteiger partial charge in [0.2, 0.25) is 0 Å². The van der Waals surface area contributed by atoms with Crippen molar-refractivity contribution in [2.24, 2.45) is 5.73 Å². The lowest BCUT2D eigenvalue weighted by Gasteiger charge is -2.10. The van der Waals surface area contributed by atoms with E-state index in [-0.39, 0.29) is 5.69 Å². The average Bonchev–Trinajstić information content (AvgIpc) is 2.76. The molecule has 5 N–H and O–H groups in total. The minimum atomic E-state index is -1.52. The van der Waals surface area contributed by atoms with E-state index in [1.54, 1.807) is 0 Å². The number of carbonyl (C=O) groups is 3. The summed E-state index contributed by atoms with van der Waals surface area (Å²) in [6.45, 7) is 0.666. The van der Waals surface area contributed by atoms with Gasteiger partial charge in [-0.05, 0) is 0 Å². The first-order valence-electron chi connectivity index (χ1n) is 5.29. The third-order valence-electron chi connectivity index (χ3n) is 2.11. The molecule has 1 heterocycles. The highest BCUT2D eigenvalue weighted by atomic mass is 16.4. The van der Waals surface area contributed by atoms with Gasteiger partial charge in [-0.1, -0.05) is 5.21 Å². The molecule has 0 fully saturated rings. The lowest BCUT2D eigenvalue weighted by molar-refractivity contribution is -0.145. The summed E-state index contributed by atoms with van der Waals surface area (Å²) in [5, 5.41) is 26.5. The number of carboxylic acid groups (broad SMARTS) is 2. The van der Waals surface area contributed by atoms with Crippen molar-refractivity contribution in [2.75, 3.05) is 6.54 Å². The van der Waals surface area contributed by atoms with Gasteiger partial charge in [-0.15, -0.1) is 5.10 Å². The SMILES string of the molecule is NCCn1cc(C(=O)NC(CC(=O)O)C(=O)O)nn1. The molecule has 0 aliphatic heterocycles. The molecule has 1 rings (SSSR count). The first-order valence-corrected chi connectivity index (χ1v) is 5.29. The predicted molar refractivity (Wildman–Crippen MR) is 60.2 cm³/mol. The molecule has 10 heteroatoms. The summed E-state index contributed by atoms with van der Waals surface area (Å²) in [7, 11) is 0. The molecule has 0 saturated carbocycles. The van der Waals surface area contributed by atoms with Crippen LogP contribution in [0.15, 0.2) is 6.20 Å². The Morgan fingerprint density at radius 1 is 1.42 bits per heavy atom. The fourth-order valence-electron chi connectivity index (χ4n) is 1.25. The van der Waals surface area contributed by atoms with Gasteiger partial charge in [-0.2, -0.15) is 0 Å². The van der Waals surface area contributed by atoms with Crippen LogP contribution in [0.4, 0.5) is 0 Å². The molecule has 0 bridgehead atoms. The Morgan fingerprint density at radius 3 is 2.63 bits per heavy atom. The number of amides is 1. The van der Waals surface area contributed by atoms with E-state index < -0.39 is 30.3 Å². The van der Waals surface area contributed by atoms with Crippen LogP contribution < -0.4 is 11.1 Å². The second kappa shape index (κ2) is 6.44. The zero-order valence-electron chi connectivity index (χ0n) is 9.81. The molecule has 0 aromatic carbocycles. The maximum Gasteiger partial charge on any atom is 0.326 e. The van der Waals surface area contributed by atoms with Crippen LogP contribution in [0.25, 0.3) is 0 Å². The van der Waals surface area contributed by atoms with Crippen molar-refractivity contribution in [1.82, 2.24) is 20.3 Å². The number of hydrogen-bond donors (Lipinski definition) is 4. The number of rotatable bonds is 7. The van der Waals surface area contributed by atoms with Gasteiger partial charge in [0.25, 0.3) is 5.91 Å². The van der Waals surface area contributed by atoms with Crippen molar-refractivity contribution >= 4 is 17.8 Å². The predicted octanol–water partition coefficient (Wildman–Crippen LogP) is -2.11. The lowest BCUT2D eigenvalue weighted by atomic mass is 10.2. The van der Waals surface area contributed by atoms with Gasteiger partial charge in [0.05, 0.1) is 19.2 Å². The maximum atomic E-state index is 11.6. The molecular weight excluding hydrogens is 258 g/mol. The highest BCUT2D eigenvalue weighted by molar-refractivity contribution is 5.95. The first kappa shape index (κ1) is 14.6. The molecule has 0 radical (unpaired) electrons. The van der Waals surface area contributed by atoms with E-state index in [1.165, 1.54) is 10.9 Å². The molecular formula is C9H13N5O5. The average molecular weight is 271 g/mol. The molecule has 0 aliphatic rings. The van der Waals surface area contributed by atoms with Gasteiger partial charge < -0.3 is 21.3 Å². The smallest absolute Gasteiger partial charge is 0.326 e. The third-order valence-corrected chi connectivity index (χ3v) is 2.11. The number of nitrogens with zero attached hydrogens (tertiary/aromatic N) is 3.